The van der Waals surface area contributed by atoms with Crippen LogP contribution in [0.5, 0.6) is 0 Å². The minimum Gasteiger partial charge on any atom is -0.478 e. The van der Waals surface area contributed by atoms with Crippen LogP contribution >= 0.6 is 0 Å². The Morgan fingerprint density at radius 2 is 1.93 bits per heavy atom. The largest absolute Gasteiger partial charge is 0.478 e. The van der Waals surface area contributed by atoms with Crippen LogP contribution < -0.4 is 5.32 Å². The van der Waals surface area contributed by atoms with Crippen LogP contribution in [0.2, 0.25) is 0 Å². The number of carboxylic acids is 1. The number of hydrogen-bond donors (Lipinski definition) is 2. The Morgan fingerprint density at radius 3 is 2.53 bits per heavy atom. The van der Waals surface area contributed by atoms with Crippen molar-refractivity contribution in [1.82, 2.24) is 5.32 Å². The molecule has 0 saturated heterocycles. The van der Waals surface area contributed by atoms with E-state index in [1.54, 1.807) is 6.08 Å². The molecule has 158 valence electrons. The molecule has 0 heterocycles. The van der Waals surface area contributed by atoms with E-state index in [-0.39, 0.29) is 5.76 Å². The number of carboxylic acid groups (broad SMARTS) is 1. The van der Waals surface area contributed by atoms with Gasteiger partial charge in [0.2, 0.25) is 0 Å². The second kappa shape index (κ2) is 8.56. The summed E-state index contributed by atoms with van der Waals surface area (Å²) in [5.41, 5.74) is -1.42. The molecule has 0 aromatic heterocycles. The van der Waals surface area contributed by atoms with E-state index in [4.69, 9.17) is 4.74 Å². The van der Waals surface area contributed by atoms with Crippen molar-refractivity contribution in [2.75, 3.05) is 0 Å². The number of halogens is 4. The molecule has 9 heteroatoms. The number of ether oxygens (including phenoxy) is 1. The maximum atomic E-state index is 13.9. The van der Waals surface area contributed by atoms with Crippen LogP contribution in [0.4, 0.5) is 17.6 Å². The molecule has 3 rings (SSSR count). The van der Waals surface area contributed by atoms with E-state index in [9.17, 15) is 32.3 Å². The van der Waals surface area contributed by atoms with Crippen molar-refractivity contribution in [1.29, 1.82) is 0 Å². The molecule has 1 unspecified atom stereocenters. The Bertz CT molecular complexity index is 989. The van der Waals surface area contributed by atoms with Gasteiger partial charge in [0.25, 0.3) is 5.91 Å². The molecule has 2 N–H and O–H groups in total. The Balaban J connectivity index is 2.06. The number of aliphatic carboxylic acids is 1. The van der Waals surface area contributed by atoms with Crippen LogP contribution in [0.25, 0.3) is 0 Å². The minimum atomic E-state index is -4.83. The van der Waals surface area contributed by atoms with Gasteiger partial charge in [0.15, 0.2) is 0 Å². The average Bonchev–Trinajstić information content (AvgIpc) is 2.69. The topological polar surface area (TPSA) is 75.6 Å². The van der Waals surface area contributed by atoms with Crippen molar-refractivity contribution in [3.05, 3.63) is 82.7 Å². The quantitative estimate of drug-likeness (QED) is 0.679. The van der Waals surface area contributed by atoms with Gasteiger partial charge in [-0.05, 0) is 37.1 Å². The second-order valence-electron chi connectivity index (χ2n) is 6.69. The lowest BCUT2D eigenvalue weighted by molar-refractivity contribution is -0.173. The highest BCUT2D eigenvalue weighted by Crippen LogP contribution is 2.42. The summed E-state index contributed by atoms with van der Waals surface area (Å²) in [4.78, 5) is 23.9. The zero-order chi connectivity index (χ0) is 21.9. The lowest BCUT2D eigenvalue weighted by Gasteiger charge is -2.29. The monoisotopic (exact) mass is 423 g/mol. The number of carbonyl (C=O) groups excluding carboxylic acids is 1. The summed E-state index contributed by atoms with van der Waals surface area (Å²) in [6.07, 6.45) is 1.07. The summed E-state index contributed by atoms with van der Waals surface area (Å²) in [7, 11) is 0. The lowest BCUT2D eigenvalue weighted by Crippen LogP contribution is -2.35. The molecule has 0 fully saturated rings. The number of carbonyl (C=O) groups is 2. The van der Waals surface area contributed by atoms with Gasteiger partial charge in [-0.1, -0.05) is 24.3 Å². The third-order valence-electron chi connectivity index (χ3n) is 4.58. The highest BCUT2D eigenvalue weighted by atomic mass is 19.4. The first kappa shape index (κ1) is 21.4. The summed E-state index contributed by atoms with van der Waals surface area (Å²) < 4.78 is 60.6. The van der Waals surface area contributed by atoms with Crippen LogP contribution in [0.1, 0.15) is 29.6 Å². The fraction of sp³-hybridized carbons (Fsp3) is 0.238. The summed E-state index contributed by atoms with van der Waals surface area (Å²) in [5.74, 6) is -6.11. The van der Waals surface area contributed by atoms with E-state index in [1.165, 1.54) is 18.2 Å². The van der Waals surface area contributed by atoms with Gasteiger partial charge >= 0.3 is 12.1 Å². The molecule has 30 heavy (non-hydrogen) atoms. The summed E-state index contributed by atoms with van der Waals surface area (Å²) in [6, 6.07) is 4.93. The number of hydrogen-bond acceptors (Lipinski definition) is 3. The van der Waals surface area contributed by atoms with Crippen LogP contribution in [-0.2, 0) is 9.53 Å². The highest BCUT2D eigenvalue weighted by Gasteiger charge is 2.47. The standard InChI is InChI=1S/C21H17F4NO4/c22-16-9-5-4-8-14(16)19(27)26-17-11-12(20(28)29)10-15(21(23,24)25)18(17)30-13-6-2-1-3-7-13/h1-2,4-6,8-9,11,15H,3,7,10H2,(H,26,27)(H,28,29). The molecular formula is C21H17F4NO4. The normalized spacial score (nSPS) is 19.1. The summed E-state index contributed by atoms with van der Waals surface area (Å²) in [6.45, 7) is 0. The maximum absolute atomic E-state index is 13.9. The van der Waals surface area contributed by atoms with Crippen molar-refractivity contribution < 1.29 is 37.0 Å². The Hall–Kier alpha value is -3.36. The fourth-order valence-electron chi connectivity index (χ4n) is 3.08. The van der Waals surface area contributed by atoms with Gasteiger partial charge in [0.1, 0.15) is 23.3 Å². The SMILES string of the molecule is O=C(O)C1=CC(NC(=O)c2ccccc2F)=C(OC2=CC=CCC2)C(C(F)(F)F)C1. The van der Waals surface area contributed by atoms with Crippen LogP contribution in [0.3, 0.4) is 0 Å². The number of benzene rings is 1. The first-order valence-corrected chi connectivity index (χ1v) is 9.01. The van der Waals surface area contributed by atoms with Gasteiger partial charge in [-0.15, -0.1) is 0 Å². The van der Waals surface area contributed by atoms with Crippen molar-refractivity contribution in [3.63, 3.8) is 0 Å². The smallest absolute Gasteiger partial charge is 0.399 e. The zero-order valence-electron chi connectivity index (χ0n) is 15.5. The number of nitrogens with one attached hydrogen (secondary N) is 1. The molecule has 1 atom stereocenters. The summed E-state index contributed by atoms with van der Waals surface area (Å²) >= 11 is 0. The summed E-state index contributed by atoms with van der Waals surface area (Å²) in [5, 5.41) is 11.4. The van der Waals surface area contributed by atoms with Gasteiger partial charge in [-0.2, -0.15) is 13.2 Å². The molecule has 5 nitrogen and oxygen atoms in total. The third kappa shape index (κ3) is 4.79. The second-order valence-corrected chi connectivity index (χ2v) is 6.69. The molecular weight excluding hydrogens is 406 g/mol. The van der Waals surface area contributed by atoms with E-state index >= 15 is 0 Å². The molecule has 1 aromatic rings. The van der Waals surface area contributed by atoms with Crippen LogP contribution in [0.15, 0.2) is 71.4 Å². The average molecular weight is 423 g/mol. The fourth-order valence-corrected chi connectivity index (χ4v) is 3.08. The Labute approximate surface area is 169 Å². The van der Waals surface area contributed by atoms with Gasteiger partial charge in [-0.3, -0.25) is 4.79 Å². The molecule has 0 bridgehead atoms. The van der Waals surface area contributed by atoms with Crippen LogP contribution in [-0.4, -0.2) is 23.2 Å². The minimum absolute atomic E-state index is 0.242. The zero-order valence-corrected chi connectivity index (χ0v) is 15.5. The molecule has 0 spiro atoms. The van der Waals surface area contributed by atoms with Gasteiger partial charge in [-0.25, -0.2) is 9.18 Å². The predicted molar refractivity (Wildman–Crippen MR) is 98.3 cm³/mol. The first-order chi connectivity index (χ1) is 14.2. The van der Waals surface area contributed by atoms with E-state index in [1.807, 2.05) is 6.08 Å². The van der Waals surface area contributed by atoms with Crippen molar-refractivity contribution in [2.24, 2.45) is 5.92 Å². The molecule has 1 aromatic carbocycles. The van der Waals surface area contributed by atoms with Gasteiger partial charge in [0.05, 0.1) is 11.3 Å². The highest BCUT2D eigenvalue weighted by molar-refractivity contribution is 5.96. The van der Waals surface area contributed by atoms with Crippen molar-refractivity contribution >= 4 is 11.9 Å². The van der Waals surface area contributed by atoms with E-state index in [0.717, 1.165) is 18.2 Å². The van der Waals surface area contributed by atoms with Crippen LogP contribution in [0, 0.1) is 11.7 Å². The lowest BCUT2D eigenvalue weighted by atomic mass is 9.89. The van der Waals surface area contributed by atoms with Gasteiger partial charge < -0.3 is 15.2 Å². The molecule has 0 aliphatic heterocycles. The van der Waals surface area contributed by atoms with Crippen molar-refractivity contribution in [3.8, 4) is 0 Å². The van der Waals surface area contributed by atoms with E-state index in [2.05, 4.69) is 5.32 Å². The first-order valence-electron chi connectivity index (χ1n) is 9.01. The number of allylic oxidation sites excluding steroid dienone is 6. The van der Waals surface area contributed by atoms with E-state index in [0.29, 0.717) is 12.8 Å². The number of rotatable bonds is 5. The molecule has 0 saturated carbocycles. The number of amides is 1. The molecule has 0 radical (unpaired) electrons. The molecule has 1 amide bonds. The van der Waals surface area contributed by atoms with Gasteiger partial charge in [0, 0.05) is 12.0 Å². The van der Waals surface area contributed by atoms with E-state index < -0.39 is 58.8 Å². The maximum Gasteiger partial charge on any atom is 0.399 e. The Kier molecular flexibility index (Phi) is 6.09. The molecule has 2 aliphatic rings. The molecule has 2 aliphatic carbocycles. The number of alkyl halides is 3. The van der Waals surface area contributed by atoms with Crippen molar-refractivity contribution in [2.45, 2.75) is 25.4 Å². The third-order valence-corrected chi connectivity index (χ3v) is 4.58. The predicted octanol–water partition coefficient (Wildman–Crippen LogP) is 4.61. The Morgan fingerprint density at radius 1 is 1.20 bits per heavy atom.